The van der Waals surface area contributed by atoms with Gasteiger partial charge >= 0.3 is 5.97 Å². The van der Waals surface area contributed by atoms with Gasteiger partial charge in [0.1, 0.15) is 17.6 Å². The summed E-state index contributed by atoms with van der Waals surface area (Å²) >= 11 is 6.47. The van der Waals surface area contributed by atoms with Crippen molar-refractivity contribution >= 4 is 35.1 Å². The molecule has 0 saturated carbocycles. The number of aliphatic hydroxyl groups is 1. The third kappa shape index (κ3) is 4.60. The molecule has 2 unspecified atom stereocenters. The molecule has 3 aliphatic rings. The number of ether oxygens (including phenoxy) is 2. The molecule has 4 rings (SSSR count). The van der Waals surface area contributed by atoms with E-state index in [1.165, 1.54) is 4.90 Å². The quantitative estimate of drug-likeness (QED) is 0.252. The van der Waals surface area contributed by atoms with Gasteiger partial charge in [-0.1, -0.05) is 35.9 Å². The topological polar surface area (TPSA) is 96.4 Å². The van der Waals surface area contributed by atoms with E-state index in [1.807, 2.05) is 6.92 Å². The molecule has 200 valence electrons. The van der Waals surface area contributed by atoms with Crippen LogP contribution in [0.25, 0.3) is 0 Å². The van der Waals surface area contributed by atoms with Crippen LogP contribution in [-0.4, -0.2) is 71.3 Å². The normalized spacial score (nSPS) is 29.8. The Morgan fingerprint density at radius 1 is 1.27 bits per heavy atom. The van der Waals surface area contributed by atoms with Crippen LogP contribution in [0.15, 0.2) is 49.6 Å². The molecule has 1 spiro atoms. The Balaban J connectivity index is 1.75. The van der Waals surface area contributed by atoms with Crippen LogP contribution >= 0.6 is 11.6 Å². The number of benzene rings is 1. The van der Waals surface area contributed by atoms with Gasteiger partial charge in [0.25, 0.3) is 5.91 Å². The lowest BCUT2D eigenvalue weighted by atomic mass is 9.66. The van der Waals surface area contributed by atoms with Crippen molar-refractivity contribution in [1.29, 1.82) is 0 Å². The third-order valence-electron chi connectivity index (χ3n) is 7.86. The van der Waals surface area contributed by atoms with Crippen molar-refractivity contribution in [3.63, 3.8) is 0 Å². The molecule has 3 aliphatic heterocycles. The van der Waals surface area contributed by atoms with E-state index >= 15 is 0 Å². The van der Waals surface area contributed by atoms with Crippen LogP contribution < -0.4 is 4.90 Å². The van der Waals surface area contributed by atoms with Crippen LogP contribution in [0, 0.1) is 11.8 Å². The lowest BCUT2D eigenvalue weighted by molar-refractivity contribution is -0.159. The number of nitrogens with zero attached hydrogens (tertiary/aromatic N) is 2. The van der Waals surface area contributed by atoms with Gasteiger partial charge in [0.05, 0.1) is 28.8 Å². The summed E-state index contributed by atoms with van der Waals surface area (Å²) in [7, 11) is 0. The third-order valence-corrected chi connectivity index (χ3v) is 8.18. The summed E-state index contributed by atoms with van der Waals surface area (Å²) in [5, 5.41) is 9.74. The maximum absolute atomic E-state index is 14.4. The highest BCUT2D eigenvalue weighted by atomic mass is 35.5. The van der Waals surface area contributed by atoms with Crippen molar-refractivity contribution < 1.29 is 29.0 Å². The highest BCUT2D eigenvalue weighted by Gasteiger charge is 2.78. The number of halogens is 1. The zero-order valence-electron chi connectivity index (χ0n) is 21.2. The number of esters is 1. The SMILES string of the molecule is C=CCCOC(=O)[C@@H]1[C@H]2C(=O)N(CCCCO)C(C(=O)N(CC=C)c3ccccc3Cl)C23CC[C@@]1(C)O3. The standard InChI is InChI=1S/C28H35ClN2O6/c1-4-6-18-36-26(35)22-21-24(33)31(16-9-10-17-32)23(28(21)14-13-27(22,3)37-28)25(34)30(15-5-2)20-12-8-7-11-19(20)29/h4-5,7-8,11-12,21-23,32H,1-2,6,9-10,13-18H2,3H3/t21-,22-,23?,27+,28?/m0/s1. The largest absolute Gasteiger partial charge is 0.465 e. The van der Waals surface area contributed by atoms with Gasteiger partial charge in [-0.05, 0) is 51.2 Å². The van der Waals surface area contributed by atoms with Gasteiger partial charge in [-0.15, -0.1) is 13.2 Å². The first-order chi connectivity index (χ1) is 17.8. The van der Waals surface area contributed by atoms with Crippen LogP contribution in [0.4, 0.5) is 5.69 Å². The van der Waals surface area contributed by atoms with Gasteiger partial charge in [-0.25, -0.2) is 0 Å². The van der Waals surface area contributed by atoms with E-state index in [2.05, 4.69) is 13.2 Å². The predicted octanol–water partition coefficient (Wildman–Crippen LogP) is 3.52. The number of hydrogen-bond donors (Lipinski definition) is 1. The Bertz CT molecular complexity index is 1080. The molecule has 0 aromatic heterocycles. The van der Waals surface area contributed by atoms with Crippen molar-refractivity contribution in [2.24, 2.45) is 11.8 Å². The monoisotopic (exact) mass is 530 g/mol. The number of carbonyl (C=O) groups is 3. The van der Waals surface area contributed by atoms with Gasteiger partial charge in [0.15, 0.2) is 0 Å². The van der Waals surface area contributed by atoms with E-state index in [9.17, 15) is 19.5 Å². The highest BCUT2D eigenvalue weighted by molar-refractivity contribution is 6.34. The molecule has 1 aromatic carbocycles. The van der Waals surface area contributed by atoms with Crippen molar-refractivity contribution in [2.45, 2.75) is 56.3 Å². The van der Waals surface area contributed by atoms with Crippen LogP contribution in [0.2, 0.25) is 5.02 Å². The first-order valence-corrected chi connectivity index (χ1v) is 13.2. The average Bonchev–Trinajstić information content (AvgIpc) is 3.44. The summed E-state index contributed by atoms with van der Waals surface area (Å²) < 4.78 is 12.1. The maximum atomic E-state index is 14.4. The minimum Gasteiger partial charge on any atom is -0.465 e. The van der Waals surface area contributed by atoms with Gasteiger partial charge in [-0.2, -0.15) is 0 Å². The predicted molar refractivity (Wildman–Crippen MR) is 140 cm³/mol. The molecular formula is C28H35ClN2O6. The van der Waals surface area contributed by atoms with Crippen molar-refractivity contribution in [3.8, 4) is 0 Å². The fourth-order valence-electron chi connectivity index (χ4n) is 6.28. The first kappa shape index (κ1) is 27.4. The minimum absolute atomic E-state index is 0.0236. The number of hydrogen-bond acceptors (Lipinski definition) is 6. The summed E-state index contributed by atoms with van der Waals surface area (Å²) in [6.45, 7) is 9.89. The second-order valence-corrected chi connectivity index (χ2v) is 10.5. The number of rotatable bonds is 12. The van der Waals surface area contributed by atoms with E-state index in [1.54, 1.807) is 41.3 Å². The fraction of sp³-hybridized carbons (Fsp3) is 0.536. The molecule has 3 saturated heterocycles. The van der Waals surface area contributed by atoms with Gasteiger partial charge < -0.3 is 24.4 Å². The van der Waals surface area contributed by atoms with E-state index in [4.69, 9.17) is 21.1 Å². The number of fused-ring (bicyclic) bond motifs is 1. The molecule has 1 aromatic rings. The number of carbonyl (C=O) groups excluding carboxylic acids is 3. The van der Waals surface area contributed by atoms with Crippen molar-refractivity contribution in [3.05, 3.63) is 54.6 Å². The molecule has 2 amide bonds. The Hall–Kier alpha value is -2.68. The molecule has 5 atom stereocenters. The molecule has 8 nitrogen and oxygen atoms in total. The van der Waals surface area contributed by atoms with Crippen molar-refractivity contribution in [1.82, 2.24) is 4.90 Å². The molecule has 2 bridgehead atoms. The number of amides is 2. The Kier molecular flexibility index (Phi) is 8.11. The molecule has 37 heavy (non-hydrogen) atoms. The van der Waals surface area contributed by atoms with Crippen LogP contribution in [-0.2, 0) is 23.9 Å². The number of unbranched alkanes of at least 4 members (excludes halogenated alkanes) is 1. The van der Waals surface area contributed by atoms with Gasteiger partial charge in [0, 0.05) is 19.7 Å². The maximum Gasteiger partial charge on any atom is 0.312 e. The number of aliphatic hydroxyl groups excluding tert-OH is 1. The summed E-state index contributed by atoms with van der Waals surface area (Å²) in [5.41, 5.74) is -1.56. The molecule has 3 heterocycles. The van der Waals surface area contributed by atoms with Crippen LogP contribution in [0.1, 0.15) is 39.0 Å². The minimum atomic E-state index is -1.16. The van der Waals surface area contributed by atoms with E-state index in [-0.39, 0.29) is 38.1 Å². The summed E-state index contributed by atoms with van der Waals surface area (Å²) in [6.07, 6.45) is 5.76. The lowest BCUT2D eigenvalue weighted by Gasteiger charge is -2.37. The Morgan fingerprint density at radius 2 is 2.03 bits per heavy atom. The summed E-state index contributed by atoms with van der Waals surface area (Å²) in [6, 6.07) is 6.07. The van der Waals surface area contributed by atoms with Crippen molar-refractivity contribution in [2.75, 3.05) is 31.2 Å². The first-order valence-electron chi connectivity index (χ1n) is 12.8. The Morgan fingerprint density at radius 3 is 2.70 bits per heavy atom. The molecule has 0 aliphatic carbocycles. The zero-order valence-corrected chi connectivity index (χ0v) is 22.0. The van der Waals surface area contributed by atoms with Crippen LogP contribution in [0.3, 0.4) is 0 Å². The number of anilines is 1. The van der Waals surface area contributed by atoms with E-state index < -0.39 is 35.0 Å². The zero-order chi connectivity index (χ0) is 26.8. The number of likely N-dealkylation sites (tertiary alicyclic amines) is 1. The fourth-order valence-corrected chi connectivity index (χ4v) is 6.52. The molecule has 1 N–H and O–H groups in total. The average molecular weight is 531 g/mol. The number of para-hydroxylation sites is 1. The second kappa shape index (κ2) is 11.0. The molecule has 0 radical (unpaired) electrons. The second-order valence-electron chi connectivity index (χ2n) is 10.1. The Labute approximate surface area is 222 Å². The van der Waals surface area contributed by atoms with Gasteiger partial charge in [-0.3, -0.25) is 14.4 Å². The summed E-state index contributed by atoms with van der Waals surface area (Å²) in [4.78, 5) is 44.7. The summed E-state index contributed by atoms with van der Waals surface area (Å²) in [5.74, 6) is -2.75. The highest BCUT2D eigenvalue weighted by Crippen LogP contribution is 2.63. The molecule has 9 heteroatoms. The van der Waals surface area contributed by atoms with Gasteiger partial charge in [0.2, 0.25) is 5.91 Å². The van der Waals surface area contributed by atoms with Crippen LogP contribution in [0.5, 0.6) is 0 Å². The molecular weight excluding hydrogens is 496 g/mol. The van der Waals surface area contributed by atoms with E-state index in [0.29, 0.717) is 42.8 Å². The lowest BCUT2D eigenvalue weighted by Crippen LogP contribution is -2.56. The smallest absolute Gasteiger partial charge is 0.312 e. The van der Waals surface area contributed by atoms with E-state index in [0.717, 1.165) is 0 Å². The molecule has 3 fully saturated rings.